The van der Waals surface area contributed by atoms with E-state index < -0.39 is 0 Å². The quantitative estimate of drug-likeness (QED) is 0.0188. The Morgan fingerprint density at radius 2 is 0.458 bits per heavy atom. The van der Waals surface area contributed by atoms with Crippen molar-refractivity contribution in [1.82, 2.24) is 26.6 Å². The summed E-state index contributed by atoms with van der Waals surface area (Å²) in [5.74, 6) is 3.27. The van der Waals surface area contributed by atoms with Gasteiger partial charge in [0.05, 0.1) is 55.0 Å². The molecule has 10 aromatic rings. The summed E-state index contributed by atoms with van der Waals surface area (Å²) < 4.78 is 56.9. The molecule has 3 saturated carbocycles. The number of halogens is 8. The first kappa shape index (κ1) is 94.8. The normalized spacial score (nSPS) is 12.7. The third-order valence-electron chi connectivity index (χ3n) is 19.1. The van der Waals surface area contributed by atoms with Crippen LogP contribution in [-0.4, -0.2) is 91.0 Å². The van der Waals surface area contributed by atoms with Crippen LogP contribution >= 0.6 is 123 Å². The predicted molar refractivity (Wildman–Crippen MR) is 500 cm³/mol. The van der Waals surface area contributed by atoms with Gasteiger partial charge in [-0.25, -0.2) is 17.6 Å². The summed E-state index contributed by atoms with van der Waals surface area (Å²) in [7, 11) is 0. The highest BCUT2D eigenvalue weighted by Crippen LogP contribution is 2.42. The molecule has 3 aliphatic carbocycles. The zero-order valence-corrected chi connectivity index (χ0v) is 76.5. The van der Waals surface area contributed by atoms with Crippen LogP contribution in [0.1, 0.15) is 160 Å². The molecule has 3 fully saturated rings. The van der Waals surface area contributed by atoms with Crippen molar-refractivity contribution in [2.24, 2.45) is 17.8 Å². The highest BCUT2D eigenvalue weighted by Gasteiger charge is 2.27. The Balaban J connectivity index is 0.000000168. The fourth-order valence-corrected chi connectivity index (χ4v) is 18.5. The number of amides is 5. The van der Waals surface area contributed by atoms with Gasteiger partial charge in [0.2, 0.25) is 29.5 Å². The summed E-state index contributed by atoms with van der Waals surface area (Å²) >= 11 is 21.9. The number of unbranched alkanes of at least 4 members (excludes halogenated alkanes) is 2. The molecule has 10 aromatic carbocycles. The van der Waals surface area contributed by atoms with Gasteiger partial charge in [0.25, 0.3) is 0 Å². The van der Waals surface area contributed by atoms with Crippen LogP contribution in [0.3, 0.4) is 0 Å². The molecule has 10 nitrogen and oxygen atoms in total. The van der Waals surface area contributed by atoms with Gasteiger partial charge in [-0.3, -0.25) is 24.0 Å². The highest BCUT2D eigenvalue weighted by molar-refractivity contribution is 9.11. The molecule has 3 aliphatic rings. The molecule has 5 amide bonds. The lowest BCUT2D eigenvalue weighted by atomic mass is 10.0. The van der Waals surface area contributed by atoms with Gasteiger partial charge in [-0.2, -0.15) is 0 Å². The van der Waals surface area contributed by atoms with E-state index in [1.54, 1.807) is 83.8 Å². The van der Waals surface area contributed by atoms with Crippen LogP contribution in [0.2, 0.25) is 0 Å². The maximum atomic E-state index is 13.2. The second-order valence-corrected chi connectivity index (χ2v) is 38.0. The topological polar surface area (TPSA) is 146 Å². The minimum absolute atomic E-state index is 0.00104. The fourth-order valence-electron chi connectivity index (χ4n) is 11.9. The van der Waals surface area contributed by atoms with Gasteiger partial charge in [0, 0.05) is 50.6 Å². The molecule has 0 spiro atoms. The minimum Gasteiger partial charge on any atom is -0.355 e. The lowest BCUT2D eigenvalue weighted by Gasteiger charge is -2.18. The smallest absolute Gasteiger partial charge is 0.230 e. The number of thioether (sulfide) groups is 5. The number of hydrogen-bond donors (Lipinski definition) is 5. The van der Waals surface area contributed by atoms with Crippen molar-refractivity contribution in [3.05, 3.63) is 352 Å². The zero-order valence-electron chi connectivity index (χ0n) is 66.1. The molecule has 0 saturated heterocycles. The highest BCUT2D eigenvalue weighted by atomic mass is 79.9. The standard InChI is InChI=1S/C19H19Br2NOS.C19H21Br2NOS.C19H19F2NOS.C19H21F2NOS.C19H21NOS/c20-16-7-3-14(4-8-16)19(15-5-9-17(21)10-6-15)24-12-18(23)22-11-13-1-2-13;1-2-3-12-22-18(23)13-24-19(14-4-8-16(20)9-5-14)15-6-10-17(21)11-7-15;20-16-7-3-14(4-8-16)19(15-5-9-17(21)10-6-15)24-12-18(23)22-11-13-1-2-13;1-2-3-12-22-18(23)13-24-19(14-4-8-16(20)9-5-14)15-6-10-17(21)11-7-15;21-18(20-13-15-11-12-15)14-22-19(16-7-3-1-4-8-16)17-9-5-2-6-10-17/h3-10,13,19H,1-2,11-12H2,(H,22,23);4-11,19H,2-3,12-13H2,1H3,(H,22,23);3-10,13,19H,1-2,11-12H2,(H,22,23);4-11,19H,2-3,12-13H2,1H3,(H,22,23);1-10,15,19H,11-14H2,(H,20,21). The van der Waals surface area contributed by atoms with E-state index in [2.05, 4.69) is 225 Å². The molecule has 0 heterocycles. The lowest BCUT2D eigenvalue weighted by molar-refractivity contribution is -0.119. The van der Waals surface area contributed by atoms with Gasteiger partial charge in [0.15, 0.2) is 0 Å². The van der Waals surface area contributed by atoms with Crippen molar-refractivity contribution < 1.29 is 41.5 Å². The molecule has 0 atom stereocenters. The monoisotopic (exact) mass is 1940 g/mol. The van der Waals surface area contributed by atoms with Crippen molar-refractivity contribution in [3.63, 3.8) is 0 Å². The zero-order chi connectivity index (χ0) is 83.8. The van der Waals surface area contributed by atoms with Gasteiger partial charge in [-0.15, -0.1) is 58.8 Å². The molecule has 0 radical (unpaired) electrons. The molecule has 5 N–H and O–H groups in total. The van der Waals surface area contributed by atoms with E-state index in [0.717, 1.165) is 97.9 Å². The average molecular weight is 1950 g/mol. The van der Waals surface area contributed by atoms with E-state index in [1.165, 1.54) is 144 Å². The van der Waals surface area contributed by atoms with Crippen LogP contribution in [0.5, 0.6) is 0 Å². The van der Waals surface area contributed by atoms with E-state index >= 15 is 0 Å². The van der Waals surface area contributed by atoms with E-state index in [9.17, 15) is 41.5 Å². The number of hydrogen-bond acceptors (Lipinski definition) is 10. The van der Waals surface area contributed by atoms with Gasteiger partial charge in [0.1, 0.15) is 23.3 Å². The molecular weight excluding hydrogens is 1850 g/mol. The number of benzene rings is 10. The molecule has 0 unspecified atom stereocenters. The molecule has 622 valence electrons. The number of carbonyl (C=O) groups excluding carboxylic acids is 5. The van der Waals surface area contributed by atoms with Crippen LogP contribution in [0.15, 0.2) is 273 Å². The second-order valence-electron chi connectivity index (χ2n) is 28.8. The van der Waals surface area contributed by atoms with Gasteiger partial charge in [-0.05, 0) is 222 Å². The van der Waals surface area contributed by atoms with E-state index in [0.29, 0.717) is 47.1 Å². The van der Waals surface area contributed by atoms with Crippen molar-refractivity contribution in [1.29, 1.82) is 0 Å². The molecular formula is C95H101Br4F4N5O5S5. The Bertz CT molecular complexity index is 4170. The molecule has 118 heavy (non-hydrogen) atoms. The number of carbonyl (C=O) groups is 5. The summed E-state index contributed by atoms with van der Waals surface area (Å²) in [5.41, 5.74) is 10.9. The first-order valence-corrected chi connectivity index (χ1v) is 48.2. The fraction of sp³-hybridized carbons (Fsp3) is 0.316. The Kier molecular flexibility index (Phi) is 42.0. The SMILES string of the molecule is CCCCNC(=O)CSC(c1ccc(Br)cc1)c1ccc(Br)cc1.CCCCNC(=O)CSC(c1ccc(F)cc1)c1ccc(F)cc1.O=C(CSC(c1ccc(Br)cc1)c1ccc(Br)cc1)NCC1CC1.O=C(CSC(c1ccc(F)cc1)c1ccc(F)cc1)NCC1CC1.O=C(CSC(c1ccccc1)c1ccccc1)NCC1CC1. The molecule has 23 heteroatoms. The summed E-state index contributed by atoms with van der Waals surface area (Å²) in [6.45, 7) is 8.06. The first-order valence-electron chi connectivity index (χ1n) is 39.8. The van der Waals surface area contributed by atoms with Gasteiger partial charge >= 0.3 is 0 Å². The molecule has 0 aromatic heterocycles. The Morgan fingerprint density at radius 3 is 0.644 bits per heavy atom. The first-order chi connectivity index (χ1) is 57.2. The van der Waals surface area contributed by atoms with E-state index in [-0.39, 0.29) is 79.1 Å². The van der Waals surface area contributed by atoms with Crippen LogP contribution < -0.4 is 26.6 Å². The van der Waals surface area contributed by atoms with Crippen LogP contribution in [0.4, 0.5) is 17.6 Å². The summed E-state index contributed by atoms with van der Waals surface area (Å²) in [4.78, 5) is 60.1. The van der Waals surface area contributed by atoms with Crippen molar-refractivity contribution in [2.75, 3.05) is 61.5 Å². The largest absolute Gasteiger partial charge is 0.355 e. The number of rotatable bonds is 37. The lowest BCUT2D eigenvalue weighted by Crippen LogP contribution is -2.27. The maximum absolute atomic E-state index is 13.2. The summed E-state index contributed by atoms with van der Waals surface area (Å²) in [6, 6.07) is 78.9. The van der Waals surface area contributed by atoms with Gasteiger partial charge < -0.3 is 26.6 Å². The maximum Gasteiger partial charge on any atom is 0.230 e. The van der Waals surface area contributed by atoms with E-state index in [1.807, 2.05) is 36.4 Å². The number of nitrogens with one attached hydrogen (secondary N) is 5. The average Bonchev–Trinajstić information content (AvgIpc) is 1.51. The van der Waals surface area contributed by atoms with E-state index in [4.69, 9.17) is 0 Å². The summed E-state index contributed by atoms with van der Waals surface area (Å²) in [5, 5.41) is 15.1. The Hall–Kier alpha value is -7.06. The third kappa shape index (κ3) is 35.9. The molecule has 0 aliphatic heterocycles. The van der Waals surface area contributed by atoms with Crippen LogP contribution in [0, 0.1) is 41.0 Å². The molecule has 0 bridgehead atoms. The third-order valence-corrected chi connectivity index (χ3v) is 27.7. The van der Waals surface area contributed by atoms with Gasteiger partial charge in [-0.1, -0.05) is 248 Å². The Labute approximate surface area is 748 Å². The van der Waals surface area contributed by atoms with Crippen LogP contribution in [-0.2, 0) is 24.0 Å². The van der Waals surface area contributed by atoms with Crippen LogP contribution in [0.25, 0.3) is 0 Å². The minimum atomic E-state index is -0.307. The summed E-state index contributed by atoms with van der Waals surface area (Å²) in [6.07, 6.45) is 11.5. The Morgan fingerprint density at radius 1 is 0.280 bits per heavy atom. The second kappa shape index (κ2) is 52.3. The predicted octanol–water partition coefficient (Wildman–Crippen LogP) is 24.6. The van der Waals surface area contributed by atoms with Crippen molar-refractivity contribution in [3.8, 4) is 0 Å². The van der Waals surface area contributed by atoms with Crippen molar-refractivity contribution in [2.45, 2.75) is 104 Å². The molecule has 13 rings (SSSR count). The van der Waals surface area contributed by atoms with Crippen molar-refractivity contribution >= 4 is 152 Å².